The maximum atomic E-state index is 12.4. The van der Waals surface area contributed by atoms with E-state index >= 15 is 0 Å². The number of hydrogen-bond acceptors (Lipinski definition) is 4. The van der Waals surface area contributed by atoms with Gasteiger partial charge in [-0.25, -0.2) is 0 Å². The maximum Gasteiger partial charge on any atom is 0.309 e. The van der Waals surface area contributed by atoms with Crippen LogP contribution >= 0.6 is 0 Å². The Morgan fingerprint density at radius 3 is 2.50 bits per heavy atom. The van der Waals surface area contributed by atoms with Gasteiger partial charge >= 0.3 is 5.97 Å². The molecule has 0 spiro atoms. The molecule has 4 saturated carbocycles. The Hall–Kier alpha value is -0.610. The number of fused-ring (bicyclic) bond motifs is 5. The van der Waals surface area contributed by atoms with Crippen molar-refractivity contribution in [3.8, 4) is 0 Å². The lowest BCUT2D eigenvalue weighted by Gasteiger charge is -2.62. The molecule has 0 aliphatic heterocycles. The zero-order valence-corrected chi connectivity index (χ0v) is 16.7. The fraction of sp³-hybridized carbons (Fsp3) is 0.955. The Kier molecular flexibility index (Phi) is 4.47. The fourth-order valence-corrected chi connectivity index (χ4v) is 8.07. The van der Waals surface area contributed by atoms with Crippen LogP contribution in [0.5, 0.6) is 0 Å². The van der Waals surface area contributed by atoms with E-state index in [1.807, 2.05) is 6.92 Å². The summed E-state index contributed by atoms with van der Waals surface area (Å²) in [4.78, 5) is 12.4. The largest absolute Gasteiger partial charge is 0.469 e. The number of carbonyl (C=O) groups is 1. The lowest BCUT2D eigenvalue weighted by atomic mass is 9.43. The third-order valence-electron chi connectivity index (χ3n) is 9.43. The van der Waals surface area contributed by atoms with Crippen molar-refractivity contribution in [3.05, 3.63) is 0 Å². The first-order chi connectivity index (χ1) is 12.3. The van der Waals surface area contributed by atoms with Gasteiger partial charge in [-0.15, -0.1) is 0 Å². The van der Waals surface area contributed by atoms with Crippen LogP contribution in [0.25, 0.3) is 0 Å². The molecule has 2 N–H and O–H groups in total. The number of methoxy groups -OCH3 is 1. The van der Waals surface area contributed by atoms with Gasteiger partial charge in [0.05, 0.1) is 18.6 Å². The second-order valence-corrected chi connectivity index (χ2v) is 10.4. The summed E-state index contributed by atoms with van der Waals surface area (Å²) in [5, 5.41) is 21.1. The zero-order chi connectivity index (χ0) is 18.7. The highest BCUT2D eigenvalue weighted by atomic mass is 16.5. The first-order valence-electron chi connectivity index (χ1n) is 10.7. The van der Waals surface area contributed by atoms with Gasteiger partial charge in [-0.05, 0) is 99.2 Å². The third-order valence-corrected chi connectivity index (χ3v) is 9.43. The second-order valence-electron chi connectivity index (χ2n) is 10.4. The van der Waals surface area contributed by atoms with Crippen LogP contribution in [-0.4, -0.2) is 35.5 Å². The normalized spacial score (nSPS) is 53.3. The van der Waals surface area contributed by atoms with E-state index in [0.717, 1.165) is 51.4 Å². The molecule has 4 rings (SSSR count). The van der Waals surface area contributed by atoms with Crippen LogP contribution in [0.1, 0.15) is 71.6 Å². The van der Waals surface area contributed by atoms with Crippen molar-refractivity contribution in [1.82, 2.24) is 0 Å². The molecule has 148 valence electrons. The Bertz CT molecular complexity index is 572. The molecule has 0 bridgehead atoms. The molecule has 0 radical (unpaired) electrons. The van der Waals surface area contributed by atoms with Crippen molar-refractivity contribution in [2.45, 2.75) is 77.2 Å². The Labute approximate surface area is 157 Å². The molecule has 0 amide bonds. The van der Waals surface area contributed by atoms with E-state index in [9.17, 15) is 15.0 Å². The van der Waals surface area contributed by atoms with Gasteiger partial charge in [-0.1, -0.05) is 6.92 Å². The highest BCUT2D eigenvalue weighted by molar-refractivity contribution is 5.73. The minimum atomic E-state index is -0.567. The molecule has 4 fully saturated rings. The number of ether oxygens (including phenoxy) is 1. The van der Waals surface area contributed by atoms with Gasteiger partial charge in [-0.3, -0.25) is 4.79 Å². The van der Waals surface area contributed by atoms with Crippen LogP contribution in [0.15, 0.2) is 0 Å². The molecule has 4 nitrogen and oxygen atoms in total. The number of carbonyl (C=O) groups excluding carboxylic acids is 1. The van der Waals surface area contributed by atoms with E-state index in [4.69, 9.17) is 4.74 Å². The van der Waals surface area contributed by atoms with E-state index in [0.29, 0.717) is 23.7 Å². The van der Waals surface area contributed by atoms with Gasteiger partial charge in [-0.2, -0.15) is 0 Å². The lowest BCUT2D eigenvalue weighted by molar-refractivity contribution is -0.175. The van der Waals surface area contributed by atoms with Crippen molar-refractivity contribution in [3.63, 3.8) is 0 Å². The summed E-state index contributed by atoms with van der Waals surface area (Å²) >= 11 is 0. The van der Waals surface area contributed by atoms with Crippen LogP contribution in [-0.2, 0) is 9.53 Å². The van der Waals surface area contributed by atoms with E-state index in [1.165, 1.54) is 13.5 Å². The van der Waals surface area contributed by atoms with E-state index in [-0.39, 0.29) is 29.3 Å². The Balaban J connectivity index is 1.62. The van der Waals surface area contributed by atoms with Crippen LogP contribution in [0.2, 0.25) is 0 Å². The van der Waals surface area contributed by atoms with E-state index < -0.39 is 5.60 Å². The van der Waals surface area contributed by atoms with Gasteiger partial charge in [0.25, 0.3) is 0 Å². The Morgan fingerprint density at radius 1 is 1.04 bits per heavy atom. The van der Waals surface area contributed by atoms with Crippen molar-refractivity contribution < 1.29 is 19.7 Å². The summed E-state index contributed by atoms with van der Waals surface area (Å²) in [7, 11) is 1.52. The molecule has 0 heterocycles. The zero-order valence-electron chi connectivity index (χ0n) is 16.7. The smallest absolute Gasteiger partial charge is 0.309 e. The average molecular weight is 365 g/mol. The monoisotopic (exact) mass is 364 g/mol. The van der Waals surface area contributed by atoms with Crippen LogP contribution in [0, 0.1) is 40.4 Å². The molecule has 1 unspecified atom stereocenters. The topological polar surface area (TPSA) is 66.8 Å². The molecule has 4 heteroatoms. The summed E-state index contributed by atoms with van der Waals surface area (Å²) < 4.78 is 5.13. The van der Waals surface area contributed by atoms with Crippen molar-refractivity contribution >= 4 is 5.97 Å². The molecule has 4 aliphatic rings. The van der Waals surface area contributed by atoms with Crippen molar-refractivity contribution in [2.75, 3.05) is 13.7 Å². The minimum Gasteiger partial charge on any atom is -0.469 e. The predicted octanol–water partition coefficient (Wildman–Crippen LogP) is 3.54. The first-order valence-corrected chi connectivity index (χ1v) is 10.7. The standard InChI is InChI=1S/C22H36O4/c1-20(25)10-11-22(13-23)14(12-20)4-5-15-16-6-7-18(19(24)26-3)21(16,2)9-8-17(15)22/h14-18,23,25H,4-13H2,1-3H3/t14?,15-,16-,17-,18+,20+,21-,22+/m0/s1. The molecule has 0 saturated heterocycles. The third kappa shape index (κ3) is 2.51. The molecule has 0 aromatic carbocycles. The predicted molar refractivity (Wildman–Crippen MR) is 99.3 cm³/mol. The molecule has 0 aromatic rings. The summed E-state index contributed by atoms with van der Waals surface area (Å²) in [5.74, 6) is 2.23. The van der Waals surface area contributed by atoms with E-state index in [1.54, 1.807) is 0 Å². The minimum absolute atomic E-state index is 0.00413. The van der Waals surface area contributed by atoms with Gasteiger partial charge in [0.15, 0.2) is 0 Å². The number of hydrogen-bond donors (Lipinski definition) is 2. The number of aliphatic hydroxyl groups excluding tert-OH is 1. The van der Waals surface area contributed by atoms with Crippen molar-refractivity contribution in [2.24, 2.45) is 40.4 Å². The lowest BCUT2D eigenvalue weighted by Crippen LogP contribution is -2.58. The van der Waals surface area contributed by atoms with Gasteiger partial charge < -0.3 is 14.9 Å². The summed E-state index contributed by atoms with van der Waals surface area (Å²) in [6.45, 7) is 4.56. The maximum absolute atomic E-state index is 12.4. The quantitative estimate of drug-likeness (QED) is 0.736. The number of rotatable bonds is 2. The van der Waals surface area contributed by atoms with Crippen LogP contribution < -0.4 is 0 Å². The fourth-order valence-electron chi connectivity index (χ4n) is 8.07. The molecule has 26 heavy (non-hydrogen) atoms. The molecular formula is C22H36O4. The second kappa shape index (κ2) is 6.20. The van der Waals surface area contributed by atoms with Crippen LogP contribution in [0.3, 0.4) is 0 Å². The molecule has 8 atom stereocenters. The van der Waals surface area contributed by atoms with Gasteiger partial charge in [0.1, 0.15) is 0 Å². The summed E-state index contributed by atoms with van der Waals surface area (Å²) in [6, 6.07) is 0. The van der Waals surface area contributed by atoms with E-state index in [2.05, 4.69) is 6.92 Å². The molecule has 4 aliphatic carbocycles. The first kappa shape index (κ1) is 18.7. The highest BCUT2D eigenvalue weighted by Gasteiger charge is 2.63. The number of esters is 1. The summed E-state index contributed by atoms with van der Waals surface area (Å²) in [6.07, 6.45) is 9.18. The van der Waals surface area contributed by atoms with Crippen molar-refractivity contribution in [1.29, 1.82) is 0 Å². The Morgan fingerprint density at radius 2 is 1.81 bits per heavy atom. The van der Waals surface area contributed by atoms with Gasteiger partial charge in [0.2, 0.25) is 0 Å². The van der Waals surface area contributed by atoms with Crippen LogP contribution in [0.4, 0.5) is 0 Å². The number of aliphatic hydroxyl groups is 2. The SMILES string of the molecule is COC(=O)[C@H]1CC[C@H]2[C@@H]3CCC4C[C@](C)(O)CC[C@]4(CO)[C@H]3CC[C@]12C. The summed E-state index contributed by atoms with van der Waals surface area (Å²) in [5.41, 5.74) is -0.504. The van der Waals surface area contributed by atoms with Gasteiger partial charge in [0, 0.05) is 6.61 Å². The molecular weight excluding hydrogens is 328 g/mol. The highest BCUT2D eigenvalue weighted by Crippen LogP contribution is 2.68. The molecule has 0 aromatic heterocycles. The average Bonchev–Trinajstić information content (AvgIpc) is 2.97.